The molecule has 0 amide bonds. The van der Waals surface area contributed by atoms with Crippen molar-refractivity contribution >= 4 is 5.97 Å². The maximum atomic E-state index is 10.7. The smallest absolute Gasteiger partial charge is 0.361 e. The summed E-state index contributed by atoms with van der Waals surface area (Å²) in [6, 6.07) is 0. The van der Waals surface area contributed by atoms with Crippen molar-refractivity contribution in [2.24, 2.45) is 0 Å². The summed E-state index contributed by atoms with van der Waals surface area (Å²) in [5, 5.41) is 8.80. The summed E-state index contributed by atoms with van der Waals surface area (Å²) in [6.07, 6.45) is 10.1. The van der Waals surface area contributed by atoms with Crippen LogP contribution in [-0.4, -0.2) is 30.6 Å². The van der Waals surface area contributed by atoms with E-state index >= 15 is 0 Å². The Morgan fingerprint density at radius 2 is 1.42 bits per heavy atom. The highest BCUT2D eigenvalue weighted by Crippen LogP contribution is 2.09. The molecule has 0 heterocycles. The van der Waals surface area contributed by atoms with Gasteiger partial charge in [-0.3, -0.25) is 0 Å². The summed E-state index contributed by atoms with van der Waals surface area (Å²) >= 11 is 0. The third kappa shape index (κ3) is 12.2. The molecule has 0 spiro atoms. The number of carboxylic acids is 1. The topological polar surface area (TPSA) is 55.8 Å². The van der Waals surface area contributed by atoms with Crippen LogP contribution in [-0.2, 0) is 14.3 Å². The van der Waals surface area contributed by atoms with Crippen molar-refractivity contribution in [2.75, 3.05) is 13.2 Å². The number of carbonyl (C=O) groups is 1. The van der Waals surface area contributed by atoms with E-state index in [1.54, 1.807) is 6.92 Å². The molecule has 0 aliphatic carbocycles. The van der Waals surface area contributed by atoms with Crippen LogP contribution in [0.3, 0.4) is 0 Å². The van der Waals surface area contributed by atoms with E-state index in [4.69, 9.17) is 14.6 Å². The Balaban J connectivity index is 3.27. The maximum Gasteiger partial charge on any atom is 0.361 e. The van der Waals surface area contributed by atoms with E-state index < -0.39 is 12.3 Å². The second-order valence-corrected chi connectivity index (χ2v) is 4.82. The molecule has 1 unspecified atom stereocenters. The molecule has 4 heteroatoms. The molecule has 0 aromatic carbocycles. The van der Waals surface area contributed by atoms with Crippen LogP contribution in [0.4, 0.5) is 0 Å². The van der Waals surface area contributed by atoms with Gasteiger partial charge in [-0.05, 0) is 13.3 Å². The van der Waals surface area contributed by atoms with Crippen LogP contribution in [0.15, 0.2) is 0 Å². The molecule has 0 fully saturated rings. The average Bonchev–Trinajstić information content (AvgIpc) is 2.39. The second-order valence-electron chi connectivity index (χ2n) is 4.82. The lowest BCUT2D eigenvalue weighted by molar-refractivity contribution is -0.188. The van der Waals surface area contributed by atoms with Gasteiger partial charge in [-0.15, -0.1) is 0 Å². The van der Waals surface area contributed by atoms with E-state index in [0.717, 1.165) is 12.8 Å². The average molecular weight is 274 g/mol. The Bertz CT molecular complexity index is 206. The van der Waals surface area contributed by atoms with Gasteiger partial charge in [-0.25, -0.2) is 4.79 Å². The van der Waals surface area contributed by atoms with Gasteiger partial charge in [-0.2, -0.15) is 0 Å². The van der Waals surface area contributed by atoms with Crippen LogP contribution in [0, 0.1) is 0 Å². The Hall–Kier alpha value is -0.610. The number of aliphatic carboxylic acids is 1. The molecular weight excluding hydrogens is 244 g/mol. The number of rotatable bonds is 14. The third-order valence-electron chi connectivity index (χ3n) is 3.04. The highest BCUT2D eigenvalue weighted by Gasteiger charge is 2.17. The summed E-state index contributed by atoms with van der Waals surface area (Å²) in [7, 11) is 0. The van der Waals surface area contributed by atoms with Crippen LogP contribution in [0.25, 0.3) is 0 Å². The van der Waals surface area contributed by atoms with Gasteiger partial charge >= 0.3 is 5.97 Å². The fourth-order valence-electron chi connectivity index (χ4n) is 1.95. The molecule has 0 aromatic rings. The van der Waals surface area contributed by atoms with Crippen molar-refractivity contribution in [3.8, 4) is 0 Å². The molecule has 4 nitrogen and oxygen atoms in total. The first-order valence-electron chi connectivity index (χ1n) is 7.68. The standard InChI is InChI=1S/C15H30O4/c1-3-5-6-7-8-9-10-11-12-13-19-15(14(16)17)18-4-2/h15H,3-13H2,1-2H3,(H,16,17). The van der Waals surface area contributed by atoms with Crippen molar-refractivity contribution in [3.05, 3.63) is 0 Å². The third-order valence-corrected chi connectivity index (χ3v) is 3.04. The predicted molar refractivity (Wildman–Crippen MR) is 76.2 cm³/mol. The minimum absolute atomic E-state index is 0.356. The molecular formula is C15H30O4. The van der Waals surface area contributed by atoms with Crippen molar-refractivity contribution in [3.63, 3.8) is 0 Å². The first-order chi connectivity index (χ1) is 9.22. The van der Waals surface area contributed by atoms with Crippen LogP contribution < -0.4 is 0 Å². The summed E-state index contributed by atoms with van der Waals surface area (Å²) in [5.41, 5.74) is 0. The molecule has 0 aromatic heterocycles. The monoisotopic (exact) mass is 274 g/mol. The number of hydrogen-bond donors (Lipinski definition) is 1. The summed E-state index contributed by atoms with van der Waals surface area (Å²) in [4.78, 5) is 10.7. The molecule has 19 heavy (non-hydrogen) atoms. The lowest BCUT2D eigenvalue weighted by Crippen LogP contribution is -2.27. The zero-order valence-corrected chi connectivity index (χ0v) is 12.5. The van der Waals surface area contributed by atoms with Gasteiger partial charge in [0, 0.05) is 6.61 Å². The molecule has 0 bridgehead atoms. The fraction of sp³-hybridized carbons (Fsp3) is 0.933. The SMILES string of the molecule is CCCCCCCCCCCOC(OCC)C(=O)O. The van der Waals surface area contributed by atoms with Gasteiger partial charge in [0.2, 0.25) is 0 Å². The van der Waals surface area contributed by atoms with Crippen LogP contribution in [0.2, 0.25) is 0 Å². The van der Waals surface area contributed by atoms with Gasteiger partial charge < -0.3 is 14.6 Å². The Labute approximate surface area is 117 Å². The van der Waals surface area contributed by atoms with Gasteiger partial charge in [0.15, 0.2) is 0 Å². The van der Waals surface area contributed by atoms with Crippen LogP contribution in [0.1, 0.15) is 71.6 Å². The van der Waals surface area contributed by atoms with Gasteiger partial charge in [-0.1, -0.05) is 58.3 Å². The van der Waals surface area contributed by atoms with Gasteiger partial charge in [0.05, 0.1) is 6.61 Å². The van der Waals surface area contributed by atoms with E-state index in [9.17, 15) is 4.79 Å². The van der Waals surface area contributed by atoms with Crippen LogP contribution in [0.5, 0.6) is 0 Å². The quantitative estimate of drug-likeness (QED) is 0.384. The minimum Gasteiger partial charge on any atom is -0.477 e. The number of ether oxygens (including phenoxy) is 2. The second kappa shape index (κ2) is 13.8. The summed E-state index contributed by atoms with van der Waals surface area (Å²) in [5.74, 6) is -1.04. The minimum atomic E-state index is -1.10. The molecule has 0 saturated carbocycles. The Kier molecular flexibility index (Phi) is 13.4. The highest BCUT2D eigenvalue weighted by atomic mass is 16.7. The molecule has 0 radical (unpaired) electrons. The van der Waals surface area contributed by atoms with E-state index in [1.807, 2.05) is 0 Å². The molecule has 0 aliphatic rings. The van der Waals surface area contributed by atoms with Gasteiger partial charge in [0.25, 0.3) is 6.29 Å². The first-order valence-corrected chi connectivity index (χ1v) is 7.68. The van der Waals surface area contributed by atoms with Crippen LogP contribution >= 0.6 is 0 Å². The normalized spacial score (nSPS) is 12.5. The highest BCUT2D eigenvalue weighted by molar-refractivity contribution is 5.70. The molecule has 1 atom stereocenters. The lowest BCUT2D eigenvalue weighted by Gasteiger charge is -2.12. The Morgan fingerprint density at radius 3 is 1.89 bits per heavy atom. The van der Waals surface area contributed by atoms with Crippen molar-refractivity contribution in [2.45, 2.75) is 77.9 Å². The van der Waals surface area contributed by atoms with Crippen molar-refractivity contribution in [1.82, 2.24) is 0 Å². The van der Waals surface area contributed by atoms with E-state index in [1.165, 1.54) is 44.9 Å². The molecule has 0 aliphatic heterocycles. The molecule has 0 rings (SSSR count). The number of unbranched alkanes of at least 4 members (excludes halogenated alkanes) is 8. The number of hydrogen-bond acceptors (Lipinski definition) is 3. The van der Waals surface area contributed by atoms with E-state index in [2.05, 4.69) is 6.92 Å². The van der Waals surface area contributed by atoms with E-state index in [-0.39, 0.29) is 0 Å². The van der Waals surface area contributed by atoms with Crippen molar-refractivity contribution < 1.29 is 19.4 Å². The summed E-state index contributed by atoms with van der Waals surface area (Å²) < 4.78 is 10.1. The number of carboxylic acid groups (broad SMARTS) is 1. The summed E-state index contributed by atoms with van der Waals surface area (Å²) in [6.45, 7) is 4.81. The Morgan fingerprint density at radius 1 is 0.895 bits per heavy atom. The molecule has 1 N–H and O–H groups in total. The predicted octanol–water partition coefficient (Wildman–Crippen LogP) is 3.98. The largest absolute Gasteiger partial charge is 0.477 e. The van der Waals surface area contributed by atoms with Crippen molar-refractivity contribution in [1.29, 1.82) is 0 Å². The zero-order valence-electron chi connectivity index (χ0n) is 12.5. The zero-order chi connectivity index (χ0) is 14.3. The fourth-order valence-corrected chi connectivity index (χ4v) is 1.95. The first kappa shape index (κ1) is 18.4. The molecule has 0 saturated heterocycles. The maximum absolute atomic E-state index is 10.7. The van der Waals surface area contributed by atoms with Gasteiger partial charge in [0.1, 0.15) is 0 Å². The molecule has 114 valence electrons. The lowest BCUT2D eigenvalue weighted by atomic mass is 10.1. The van der Waals surface area contributed by atoms with E-state index in [0.29, 0.717) is 13.2 Å².